The molecule has 0 aliphatic heterocycles. The maximum absolute atomic E-state index is 11.5. The van der Waals surface area contributed by atoms with E-state index in [2.05, 4.69) is 4.90 Å². The Morgan fingerprint density at radius 1 is 1.09 bits per heavy atom. The number of rotatable bonds is 11. The first-order valence-electron chi connectivity index (χ1n) is 10.9. The maximum Gasteiger partial charge on any atom is 0.347 e. The molecule has 0 aliphatic carbocycles. The topological polar surface area (TPSA) is 72.1 Å². The number of carboxylic acid groups (broad SMARTS) is 1. The van der Waals surface area contributed by atoms with E-state index in [-0.39, 0.29) is 0 Å². The van der Waals surface area contributed by atoms with Crippen molar-refractivity contribution in [2.75, 3.05) is 13.2 Å². The van der Waals surface area contributed by atoms with Crippen LogP contribution in [0.3, 0.4) is 0 Å². The Kier molecular flexibility index (Phi) is 8.52. The highest BCUT2D eigenvalue weighted by atomic mass is 35.5. The summed E-state index contributed by atoms with van der Waals surface area (Å²) in [5.74, 6) is 1.01. The molecule has 3 aromatic rings. The van der Waals surface area contributed by atoms with Gasteiger partial charge >= 0.3 is 5.97 Å². The lowest BCUT2D eigenvalue weighted by Crippen LogP contribution is -2.38. The molecule has 3 rings (SSSR count). The van der Waals surface area contributed by atoms with Crippen molar-refractivity contribution in [1.29, 1.82) is 0 Å². The lowest BCUT2D eigenvalue weighted by atomic mass is 10.0. The Morgan fingerprint density at radius 3 is 2.38 bits per heavy atom. The van der Waals surface area contributed by atoms with Crippen molar-refractivity contribution in [2.24, 2.45) is 0 Å². The van der Waals surface area contributed by atoms with Crippen LogP contribution < -0.4 is 9.47 Å². The smallest absolute Gasteiger partial charge is 0.347 e. The van der Waals surface area contributed by atoms with Crippen molar-refractivity contribution >= 4 is 29.2 Å². The predicted molar refractivity (Wildman–Crippen MR) is 133 cm³/mol. The zero-order chi connectivity index (χ0) is 24.9. The molecule has 1 heterocycles. The molecule has 34 heavy (non-hydrogen) atoms. The van der Waals surface area contributed by atoms with Gasteiger partial charge in [-0.25, -0.2) is 4.79 Å². The summed E-state index contributed by atoms with van der Waals surface area (Å²) in [5, 5.41) is 10.4. The van der Waals surface area contributed by atoms with Crippen molar-refractivity contribution in [3.63, 3.8) is 0 Å². The summed E-state index contributed by atoms with van der Waals surface area (Å²) < 4.78 is 17.3. The molecule has 182 valence electrons. The third-order valence-corrected chi connectivity index (χ3v) is 5.85. The number of aliphatic carboxylic acids is 1. The molecule has 6 nitrogen and oxygen atoms in total. The quantitative estimate of drug-likeness (QED) is 0.319. The number of ether oxygens (including phenoxy) is 2. The van der Waals surface area contributed by atoms with Crippen molar-refractivity contribution in [1.82, 2.24) is 4.90 Å². The highest BCUT2D eigenvalue weighted by Gasteiger charge is 2.30. The zero-order valence-corrected chi connectivity index (χ0v) is 21.2. The van der Waals surface area contributed by atoms with Gasteiger partial charge in [0.2, 0.25) is 0 Å². The van der Waals surface area contributed by atoms with E-state index in [9.17, 15) is 9.90 Å². The van der Waals surface area contributed by atoms with Crippen LogP contribution in [-0.4, -0.2) is 34.7 Å². The molecular formula is C26H29Cl2NO5. The number of hydrogen-bond donors (Lipinski definition) is 1. The average Bonchev–Trinajstić information content (AvgIpc) is 3.25. The van der Waals surface area contributed by atoms with E-state index in [0.717, 1.165) is 22.5 Å². The molecule has 0 aliphatic rings. The van der Waals surface area contributed by atoms with Crippen LogP contribution in [0.15, 0.2) is 53.1 Å². The first kappa shape index (κ1) is 25.9. The fraction of sp³-hybridized carbons (Fsp3) is 0.346. The Balaban J connectivity index is 1.73. The van der Waals surface area contributed by atoms with E-state index < -0.39 is 11.6 Å². The minimum Gasteiger partial charge on any atom is -0.491 e. The summed E-state index contributed by atoms with van der Waals surface area (Å²) in [6, 6.07) is 13.0. The van der Waals surface area contributed by atoms with Gasteiger partial charge in [0, 0.05) is 18.1 Å². The highest BCUT2D eigenvalue weighted by molar-refractivity contribution is 6.35. The number of halogens is 2. The van der Waals surface area contributed by atoms with Crippen LogP contribution in [0.2, 0.25) is 10.0 Å². The SMILES string of the molecule is Cc1cc(CN(CCOc2ccc(Cl)cc2Cl)Cc2ccco2)cc(C)c1OC(C)(C)C(=O)O. The maximum atomic E-state index is 11.5. The van der Waals surface area contributed by atoms with Crippen molar-refractivity contribution in [3.8, 4) is 11.5 Å². The highest BCUT2D eigenvalue weighted by Crippen LogP contribution is 2.30. The Bertz CT molecular complexity index is 1110. The van der Waals surface area contributed by atoms with Crippen LogP contribution in [0.1, 0.15) is 36.3 Å². The fourth-order valence-corrected chi connectivity index (χ4v) is 4.03. The Labute approximate surface area is 210 Å². The van der Waals surface area contributed by atoms with Gasteiger partial charge in [-0.2, -0.15) is 0 Å². The van der Waals surface area contributed by atoms with Crippen LogP contribution in [-0.2, 0) is 17.9 Å². The molecule has 0 bridgehead atoms. The fourth-order valence-electron chi connectivity index (χ4n) is 3.56. The van der Waals surface area contributed by atoms with Gasteiger partial charge in [0.05, 0.1) is 17.8 Å². The molecule has 0 saturated heterocycles. The van der Waals surface area contributed by atoms with E-state index >= 15 is 0 Å². The monoisotopic (exact) mass is 505 g/mol. The number of aryl methyl sites for hydroxylation is 2. The first-order chi connectivity index (χ1) is 16.0. The molecule has 2 aromatic carbocycles. The number of hydrogen-bond acceptors (Lipinski definition) is 5. The van der Waals surface area contributed by atoms with Gasteiger partial charge < -0.3 is 19.0 Å². The largest absolute Gasteiger partial charge is 0.491 e. The molecule has 1 aromatic heterocycles. The zero-order valence-electron chi connectivity index (χ0n) is 19.7. The second kappa shape index (κ2) is 11.2. The molecule has 0 saturated carbocycles. The predicted octanol–water partition coefficient (Wildman–Crippen LogP) is 6.53. The van der Waals surface area contributed by atoms with Gasteiger partial charge in [-0.3, -0.25) is 4.90 Å². The molecular weight excluding hydrogens is 477 g/mol. The number of carboxylic acids is 1. The van der Waals surface area contributed by atoms with Gasteiger partial charge in [0.1, 0.15) is 23.9 Å². The standard InChI is InChI=1S/C26H29Cl2NO5/c1-17-12-19(13-18(2)24(17)34-26(3,4)25(30)31)15-29(16-21-6-5-10-32-21)9-11-33-23-8-7-20(27)14-22(23)28/h5-8,10,12-14H,9,11,15-16H2,1-4H3,(H,30,31). The minimum absolute atomic E-state index is 0.425. The second-order valence-corrected chi connectivity index (χ2v) is 9.53. The summed E-state index contributed by atoms with van der Waals surface area (Å²) in [6.45, 7) is 9.23. The van der Waals surface area contributed by atoms with E-state index in [1.165, 1.54) is 0 Å². The number of furan rings is 1. The summed E-state index contributed by atoms with van der Waals surface area (Å²) in [6.07, 6.45) is 1.65. The Morgan fingerprint density at radius 2 is 1.79 bits per heavy atom. The molecule has 0 radical (unpaired) electrons. The average molecular weight is 506 g/mol. The van der Waals surface area contributed by atoms with Crippen LogP contribution in [0, 0.1) is 13.8 Å². The van der Waals surface area contributed by atoms with E-state index in [0.29, 0.717) is 47.8 Å². The van der Waals surface area contributed by atoms with Crippen molar-refractivity contribution in [3.05, 3.63) is 81.2 Å². The Hall–Kier alpha value is -2.67. The lowest BCUT2D eigenvalue weighted by molar-refractivity contribution is -0.152. The lowest BCUT2D eigenvalue weighted by Gasteiger charge is -2.26. The third kappa shape index (κ3) is 6.92. The summed E-state index contributed by atoms with van der Waals surface area (Å²) in [7, 11) is 0. The number of nitrogens with zero attached hydrogens (tertiary/aromatic N) is 1. The molecule has 0 amide bonds. The van der Waals surface area contributed by atoms with Gasteiger partial charge in [-0.05, 0) is 74.7 Å². The second-order valence-electron chi connectivity index (χ2n) is 8.69. The van der Waals surface area contributed by atoms with E-state index in [4.69, 9.17) is 37.1 Å². The van der Waals surface area contributed by atoms with Crippen LogP contribution >= 0.6 is 23.2 Å². The molecule has 0 atom stereocenters. The van der Waals surface area contributed by atoms with Gasteiger partial charge in [-0.15, -0.1) is 0 Å². The summed E-state index contributed by atoms with van der Waals surface area (Å²) >= 11 is 12.2. The van der Waals surface area contributed by atoms with E-state index in [1.807, 2.05) is 38.1 Å². The van der Waals surface area contributed by atoms with Gasteiger partial charge in [0.15, 0.2) is 5.60 Å². The normalized spacial score (nSPS) is 11.6. The number of benzene rings is 2. The van der Waals surface area contributed by atoms with Gasteiger partial charge in [0.25, 0.3) is 0 Å². The van der Waals surface area contributed by atoms with E-state index in [1.54, 1.807) is 38.3 Å². The van der Waals surface area contributed by atoms with Crippen molar-refractivity contribution in [2.45, 2.75) is 46.4 Å². The van der Waals surface area contributed by atoms with Crippen LogP contribution in [0.25, 0.3) is 0 Å². The molecule has 8 heteroatoms. The summed E-state index contributed by atoms with van der Waals surface area (Å²) in [4.78, 5) is 13.7. The summed E-state index contributed by atoms with van der Waals surface area (Å²) in [5.41, 5.74) is 1.52. The number of carbonyl (C=O) groups is 1. The third-order valence-electron chi connectivity index (χ3n) is 5.32. The van der Waals surface area contributed by atoms with Crippen molar-refractivity contribution < 1.29 is 23.8 Å². The molecule has 0 spiro atoms. The van der Waals surface area contributed by atoms with Crippen LogP contribution in [0.4, 0.5) is 0 Å². The minimum atomic E-state index is -1.32. The molecule has 0 fully saturated rings. The first-order valence-corrected chi connectivity index (χ1v) is 11.7. The molecule has 0 unspecified atom stereocenters. The van der Waals surface area contributed by atoms with Crippen LogP contribution in [0.5, 0.6) is 11.5 Å². The molecule has 1 N–H and O–H groups in total. The van der Waals surface area contributed by atoms with Gasteiger partial charge in [-0.1, -0.05) is 35.3 Å².